The molecule has 3 aromatic rings. The number of Topliss-reactive ketones (excluding diaryl/α,β-unsaturated/α-hetero) is 1. The maximum absolute atomic E-state index is 11.8. The monoisotopic (exact) mass is 406 g/mol. The van der Waals surface area contributed by atoms with Crippen LogP contribution in [0, 0.1) is 0 Å². The Bertz CT molecular complexity index is 832. The number of hydrogen-bond acceptors (Lipinski definition) is 3. The highest BCUT2D eigenvalue weighted by Gasteiger charge is 2.09. The van der Waals surface area contributed by atoms with Crippen LogP contribution in [0.15, 0.2) is 78.9 Å². The molecular formula is C27H34O3. The molecular weight excluding hydrogens is 372 g/mol. The highest BCUT2D eigenvalue weighted by atomic mass is 16.6. The number of carbonyl (C=O) groups excluding carboxylic acids is 1. The van der Waals surface area contributed by atoms with Gasteiger partial charge in [0.25, 0.3) is 0 Å². The summed E-state index contributed by atoms with van der Waals surface area (Å²) < 4.78 is 10.6. The molecule has 0 unspecified atom stereocenters. The lowest BCUT2D eigenvalue weighted by molar-refractivity contribution is 0.0989. The summed E-state index contributed by atoms with van der Waals surface area (Å²) in [5.74, 6) is 1.90. The summed E-state index contributed by atoms with van der Waals surface area (Å²) in [5.41, 5.74) is 2.94. The Balaban J connectivity index is 0.000000275. The molecule has 0 spiro atoms. The van der Waals surface area contributed by atoms with Gasteiger partial charge in [0.2, 0.25) is 0 Å². The minimum Gasteiger partial charge on any atom is -0.486 e. The Kier molecular flexibility index (Phi) is 12.4. The fourth-order valence-corrected chi connectivity index (χ4v) is 2.78. The zero-order valence-corrected chi connectivity index (χ0v) is 18.9. The first-order chi connectivity index (χ1) is 14.8. The van der Waals surface area contributed by atoms with E-state index in [1.54, 1.807) is 0 Å². The summed E-state index contributed by atoms with van der Waals surface area (Å²) in [4.78, 5) is 11.8. The second-order valence-electron chi connectivity index (χ2n) is 5.83. The molecule has 3 heteroatoms. The van der Waals surface area contributed by atoms with Crippen LogP contribution in [0.5, 0.6) is 11.5 Å². The Morgan fingerprint density at radius 3 is 1.70 bits per heavy atom. The molecule has 0 aromatic heterocycles. The van der Waals surface area contributed by atoms with E-state index in [-0.39, 0.29) is 5.78 Å². The van der Waals surface area contributed by atoms with Crippen molar-refractivity contribution in [2.45, 2.75) is 41.0 Å². The molecule has 0 bridgehead atoms. The third kappa shape index (κ3) is 7.40. The molecule has 0 radical (unpaired) electrons. The summed E-state index contributed by atoms with van der Waals surface area (Å²) in [6, 6.07) is 25.5. The first-order valence-electron chi connectivity index (χ1n) is 10.8. The van der Waals surface area contributed by atoms with Crippen molar-refractivity contribution in [3.05, 3.63) is 84.4 Å². The van der Waals surface area contributed by atoms with Gasteiger partial charge < -0.3 is 9.47 Å². The summed E-state index contributed by atoms with van der Waals surface area (Å²) in [7, 11) is 0. The van der Waals surface area contributed by atoms with Gasteiger partial charge >= 0.3 is 0 Å². The average Bonchev–Trinajstić information content (AvgIpc) is 2.87. The molecule has 0 saturated heterocycles. The van der Waals surface area contributed by atoms with Crippen molar-refractivity contribution in [1.29, 1.82) is 0 Å². The molecule has 0 aliphatic carbocycles. The molecule has 3 aromatic carbocycles. The number of para-hydroxylation sites is 2. The molecule has 0 atom stereocenters. The molecule has 0 saturated carbocycles. The number of hydrogen-bond donors (Lipinski definition) is 0. The Morgan fingerprint density at radius 2 is 1.17 bits per heavy atom. The number of fused-ring (bicyclic) bond motifs is 1. The highest BCUT2D eigenvalue weighted by Crippen LogP contribution is 2.28. The van der Waals surface area contributed by atoms with E-state index in [0.717, 1.165) is 28.2 Å². The lowest BCUT2D eigenvalue weighted by Crippen LogP contribution is -2.14. The van der Waals surface area contributed by atoms with Gasteiger partial charge in [0.05, 0.1) is 0 Å². The minimum absolute atomic E-state index is 0.194. The van der Waals surface area contributed by atoms with Crippen molar-refractivity contribution in [1.82, 2.24) is 0 Å². The Hall–Kier alpha value is -3.07. The van der Waals surface area contributed by atoms with Crippen LogP contribution in [-0.4, -0.2) is 19.0 Å². The molecule has 30 heavy (non-hydrogen) atoms. The van der Waals surface area contributed by atoms with E-state index >= 15 is 0 Å². The largest absolute Gasteiger partial charge is 0.486 e. The molecule has 1 aliphatic heterocycles. The van der Waals surface area contributed by atoms with E-state index in [1.165, 1.54) is 0 Å². The molecule has 0 fully saturated rings. The molecule has 1 heterocycles. The lowest BCUT2D eigenvalue weighted by atomic mass is 9.96. The second-order valence-corrected chi connectivity index (χ2v) is 5.83. The van der Waals surface area contributed by atoms with E-state index < -0.39 is 0 Å². The van der Waals surface area contributed by atoms with Gasteiger partial charge in [0.15, 0.2) is 17.3 Å². The summed E-state index contributed by atoms with van der Waals surface area (Å²) in [6.07, 6.45) is 0.545. The Labute approximate surface area is 181 Å². The van der Waals surface area contributed by atoms with Crippen molar-refractivity contribution in [2.75, 3.05) is 13.2 Å². The third-order valence-electron chi connectivity index (χ3n) is 4.08. The van der Waals surface area contributed by atoms with E-state index in [2.05, 4.69) is 0 Å². The maximum atomic E-state index is 11.8. The first kappa shape index (κ1) is 25.0. The van der Waals surface area contributed by atoms with Crippen LogP contribution < -0.4 is 9.47 Å². The zero-order valence-electron chi connectivity index (χ0n) is 18.9. The van der Waals surface area contributed by atoms with Gasteiger partial charge in [0, 0.05) is 12.0 Å². The number of benzene rings is 3. The summed E-state index contributed by atoms with van der Waals surface area (Å²) >= 11 is 0. The molecule has 3 nitrogen and oxygen atoms in total. The van der Waals surface area contributed by atoms with Crippen LogP contribution in [0.3, 0.4) is 0 Å². The molecule has 0 amide bonds. The maximum Gasteiger partial charge on any atom is 0.163 e. The van der Waals surface area contributed by atoms with Crippen molar-refractivity contribution in [3.8, 4) is 22.6 Å². The summed E-state index contributed by atoms with van der Waals surface area (Å²) in [5, 5.41) is 0. The highest BCUT2D eigenvalue weighted by molar-refractivity contribution is 6.02. The standard InChI is InChI=1S/C15H14O.C8H8O2.2C2H6/c1-2-15(16)14-11-7-6-10-13(14)12-8-4-3-5-9-12;1-2-4-8-7(3-1)9-5-6-10-8;2*1-2/h3-11H,2H2,1H3;1-4H,5-6H2;2*1-2H3. The summed E-state index contributed by atoms with van der Waals surface area (Å²) in [6.45, 7) is 11.2. The smallest absolute Gasteiger partial charge is 0.163 e. The minimum atomic E-state index is 0.194. The predicted molar refractivity (Wildman–Crippen MR) is 127 cm³/mol. The van der Waals surface area contributed by atoms with Crippen molar-refractivity contribution in [3.63, 3.8) is 0 Å². The number of rotatable bonds is 3. The lowest BCUT2D eigenvalue weighted by Gasteiger charge is -2.17. The van der Waals surface area contributed by atoms with E-state index in [4.69, 9.17) is 9.47 Å². The molecule has 160 valence electrons. The van der Waals surface area contributed by atoms with Gasteiger partial charge in [-0.3, -0.25) is 4.79 Å². The molecule has 4 rings (SSSR count). The quantitative estimate of drug-likeness (QED) is 0.424. The molecule has 0 N–H and O–H groups in total. The van der Waals surface area contributed by atoms with Crippen LogP contribution in [0.25, 0.3) is 11.1 Å². The van der Waals surface area contributed by atoms with Crippen LogP contribution in [0.2, 0.25) is 0 Å². The topological polar surface area (TPSA) is 35.5 Å². The Morgan fingerprint density at radius 1 is 0.700 bits per heavy atom. The van der Waals surface area contributed by atoms with Gasteiger partial charge in [-0.2, -0.15) is 0 Å². The van der Waals surface area contributed by atoms with Gasteiger partial charge in [-0.25, -0.2) is 0 Å². The normalized spacial score (nSPS) is 10.7. The van der Waals surface area contributed by atoms with Crippen LogP contribution >= 0.6 is 0 Å². The van der Waals surface area contributed by atoms with Crippen LogP contribution in [0.4, 0.5) is 0 Å². The second kappa shape index (κ2) is 14.9. The fraction of sp³-hybridized carbons (Fsp3) is 0.296. The molecule has 1 aliphatic rings. The average molecular weight is 407 g/mol. The van der Waals surface area contributed by atoms with Crippen molar-refractivity contribution >= 4 is 5.78 Å². The third-order valence-corrected chi connectivity index (χ3v) is 4.08. The number of ether oxygens (including phenoxy) is 2. The number of carbonyl (C=O) groups is 1. The van der Waals surface area contributed by atoms with E-state index in [1.807, 2.05) is 113 Å². The van der Waals surface area contributed by atoms with Crippen LogP contribution in [0.1, 0.15) is 51.4 Å². The van der Waals surface area contributed by atoms with Gasteiger partial charge in [0.1, 0.15) is 13.2 Å². The zero-order chi connectivity index (χ0) is 22.2. The number of ketones is 1. The van der Waals surface area contributed by atoms with E-state index in [9.17, 15) is 4.79 Å². The van der Waals surface area contributed by atoms with Crippen molar-refractivity contribution in [2.24, 2.45) is 0 Å². The van der Waals surface area contributed by atoms with E-state index in [0.29, 0.717) is 19.6 Å². The predicted octanol–water partition coefficient (Wildman–Crippen LogP) is 7.46. The van der Waals surface area contributed by atoms with Crippen LogP contribution in [-0.2, 0) is 0 Å². The first-order valence-corrected chi connectivity index (χ1v) is 10.8. The van der Waals surface area contributed by atoms with Gasteiger partial charge in [-0.05, 0) is 23.3 Å². The van der Waals surface area contributed by atoms with Gasteiger partial charge in [-0.1, -0.05) is 101 Å². The SMILES string of the molecule is CC.CC.CCC(=O)c1ccccc1-c1ccccc1.c1ccc2c(c1)OCCO2. The fourth-order valence-electron chi connectivity index (χ4n) is 2.78. The van der Waals surface area contributed by atoms with Gasteiger partial charge in [-0.15, -0.1) is 0 Å². The van der Waals surface area contributed by atoms with Crippen molar-refractivity contribution < 1.29 is 14.3 Å².